The SMILES string of the molecule is [C-]#[N+]C1CC(C)[C@H](CCCc2ccc(C(=O)O)o2)[C@H]1CNc1cccc(O)c1. The number of phenolic OH excluding ortho intramolecular Hbond substituents is 1. The largest absolute Gasteiger partial charge is 0.508 e. The number of hydrogen-bond acceptors (Lipinski definition) is 4. The summed E-state index contributed by atoms with van der Waals surface area (Å²) in [6.07, 6.45) is 3.48. The Bertz CT molecular complexity index is 854. The van der Waals surface area contributed by atoms with E-state index in [1.165, 1.54) is 6.07 Å². The van der Waals surface area contributed by atoms with E-state index in [-0.39, 0.29) is 23.5 Å². The molecule has 1 fully saturated rings. The number of hydrogen-bond donors (Lipinski definition) is 3. The Kier molecular flexibility index (Phi) is 6.25. The van der Waals surface area contributed by atoms with Crippen molar-refractivity contribution in [2.75, 3.05) is 11.9 Å². The number of nitrogens with zero attached hydrogens (tertiary/aromatic N) is 1. The highest BCUT2D eigenvalue weighted by Crippen LogP contribution is 2.42. The standard InChI is InChI=1S/C22H26N2O4/c1-14-11-20(23-2)19(13-24-15-5-3-6-16(25)12-15)18(14)8-4-7-17-9-10-21(28-17)22(26)27/h3,5-6,9-10,12,14,18-20,24-25H,4,7-8,11,13H2,1H3,(H,26,27)/t14?,18-,19+,20?/m0/s1. The molecule has 28 heavy (non-hydrogen) atoms. The number of aromatic carboxylic acids is 1. The van der Waals surface area contributed by atoms with Crippen molar-refractivity contribution in [1.82, 2.24) is 0 Å². The molecule has 0 amide bonds. The molecule has 1 aromatic heterocycles. The number of anilines is 1. The van der Waals surface area contributed by atoms with Crippen LogP contribution < -0.4 is 5.32 Å². The fraction of sp³-hybridized carbons (Fsp3) is 0.455. The number of benzene rings is 1. The monoisotopic (exact) mass is 382 g/mol. The molecular weight excluding hydrogens is 356 g/mol. The van der Waals surface area contributed by atoms with Gasteiger partial charge in [0.15, 0.2) is 0 Å². The third-order valence-electron chi connectivity index (χ3n) is 5.78. The Labute approximate surface area is 165 Å². The number of furan rings is 1. The van der Waals surface area contributed by atoms with Gasteiger partial charge in [0.1, 0.15) is 11.5 Å². The molecule has 6 heteroatoms. The highest BCUT2D eigenvalue weighted by molar-refractivity contribution is 5.84. The molecular formula is C22H26N2O4. The van der Waals surface area contributed by atoms with Crippen molar-refractivity contribution in [3.63, 3.8) is 0 Å². The molecule has 0 aliphatic heterocycles. The quantitative estimate of drug-likeness (QED) is 0.577. The van der Waals surface area contributed by atoms with E-state index >= 15 is 0 Å². The minimum Gasteiger partial charge on any atom is -0.508 e. The second-order valence-electron chi connectivity index (χ2n) is 7.63. The van der Waals surface area contributed by atoms with Crippen LogP contribution in [-0.2, 0) is 6.42 Å². The molecule has 1 heterocycles. The Hall–Kier alpha value is -2.94. The van der Waals surface area contributed by atoms with Crippen molar-refractivity contribution < 1.29 is 19.4 Å². The lowest BCUT2D eigenvalue weighted by atomic mass is 9.85. The van der Waals surface area contributed by atoms with E-state index < -0.39 is 5.97 Å². The molecule has 2 aromatic rings. The van der Waals surface area contributed by atoms with Gasteiger partial charge in [0.05, 0.1) is 5.92 Å². The summed E-state index contributed by atoms with van der Waals surface area (Å²) in [7, 11) is 0. The minimum atomic E-state index is -1.05. The second-order valence-corrected chi connectivity index (χ2v) is 7.63. The van der Waals surface area contributed by atoms with Crippen molar-refractivity contribution >= 4 is 11.7 Å². The van der Waals surface area contributed by atoms with Gasteiger partial charge in [0.25, 0.3) is 0 Å². The van der Waals surface area contributed by atoms with E-state index in [1.807, 2.05) is 6.07 Å². The minimum absolute atomic E-state index is 0.00651. The Morgan fingerprint density at radius 3 is 2.82 bits per heavy atom. The van der Waals surface area contributed by atoms with Crippen molar-refractivity contribution in [3.05, 3.63) is 59.3 Å². The molecule has 0 saturated heterocycles. The summed E-state index contributed by atoms with van der Waals surface area (Å²) >= 11 is 0. The number of nitrogens with one attached hydrogen (secondary N) is 1. The van der Waals surface area contributed by atoms with Gasteiger partial charge in [0.2, 0.25) is 11.8 Å². The number of aryl methyl sites for hydroxylation is 1. The molecule has 4 atom stereocenters. The van der Waals surface area contributed by atoms with Gasteiger partial charge in [-0.2, -0.15) is 0 Å². The fourth-order valence-electron chi connectivity index (χ4n) is 4.36. The zero-order valence-corrected chi connectivity index (χ0v) is 16.0. The first-order chi connectivity index (χ1) is 13.5. The second kappa shape index (κ2) is 8.83. The Balaban J connectivity index is 1.58. The van der Waals surface area contributed by atoms with E-state index in [0.717, 1.165) is 24.9 Å². The molecule has 1 aliphatic rings. The number of aromatic hydroxyl groups is 1. The van der Waals surface area contributed by atoms with E-state index in [2.05, 4.69) is 17.1 Å². The van der Waals surface area contributed by atoms with Gasteiger partial charge < -0.3 is 24.8 Å². The number of carboxylic acid groups (broad SMARTS) is 1. The average molecular weight is 382 g/mol. The molecule has 2 unspecified atom stereocenters. The highest BCUT2D eigenvalue weighted by atomic mass is 16.4. The molecule has 3 N–H and O–H groups in total. The maximum atomic E-state index is 10.9. The zero-order chi connectivity index (χ0) is 20.1. The van der Waals surface area contributed by atoms with Crippen LogP contribution in [0.15, 0.2) is 40.8 Å². The molecule has 1 aliphatic carbocycles. The molecule has 1 aromatic carbocycles. The average Bonchev–Trinajstić information content (AvgIpc) is 3.25. The van der Waals surface area contributed by atoms with E-state index in [9.17, 15) is 9.90 Å². The number of phenols is 1. The normalized spacial score (nSPS) is 24.0. The summed E-state index contributed by atoms with van der Waals surface area (Å²) in [6, 6.07) is 10.3. The smallest absolute Gasteiger partial charge is 0.371 e. The molecule has 0 bridgehead atoms. The van der Waals surface area contributed by atoms with Crippen LogP contribution in [0.25, 0.3) is 4.85 Å². The first-order valence-electron chi connectivity index (χ1n) is 9.69. The third-order valence-corrected chi connectivity index (χ3v) is 5.78. The van der Waals surface area contributed by atoms with Crippen LogP contribution in [0.5, 0.6) is 5.75 Å². The highest BCUT2D eigenvalue weighted by Gasteiger charge is 2.44. The van der Waals surface area contributed by atoms with Crippen LogP contribution in [0.2, 0.25) is 0 Å². The van der Waals surface area contributed by atoms with Gasteiger partial charge in [-0.05, 0) is 48.9 Å². The predicted octanol–water partition coefficient (Wildman–Crippen LogP) is 4.68. The third kappa shape index (κ3) is 4.66. The molecule has 148 valence electrons. The zero-order valence-electron chi connectivity index (χ0n) is 16.0. The van der Waals surface area contributed by atoms with Gasteiger partial charge in [-0.1, -0.05) is 13.0 Å². The van der Waals surface area contributed by atoms with E-state index in [4.69, 9.17) is 16.1 Å². The van der Waals surface area contributed by atoms with Crippen LogP contribution >= 0.6 is 0 Å². The Morgan fingerprint density at radius 2 is 2.14 bits per heavy atom. The van der Waals surface area contributed by atoms with E-state index in [0.29, 0.717) is 30.6 Å². The topological polar surface area (TPSA) is 87.1 Å². The number of carboxylic acids is 1. The van der Waals surface area contributed by atoms with Gasteiger partial charge in [-0.25, -0.2) is 11.4 Å². The van der Waals surface area contributed by atoms with Crippen LogP contribution in [0.1, 0.15) is 42.5 Å². The lowest BCUT2D eigenvalue weighted by molar-refractivity contribution is 0.0660. The summed E-state index contributed by atoms with van der Waals surface area (Å²) < 4.78 is 5.34. The van der Waals surface area contributed by atoms with E-state index in [1.54, 1.807) is 24.3 Å². The molecule has 1 saturated carbocycles. The van der Waals surface area contributed by atoms with Gasteiger partial charge in [-0.3, -0.25) is 0 Å². The summed E-state index contributed by atoms with van der Waals surface area (Å²) in [5, 5.41) is 22.0. The maximum absolute atomic E-state index is 10.9. The fourth-order valence-corrected chi connectivity index (χ4v) is 4.36. The molecule has 3 rings (SSSR count). The van der Waals surface area contributed by atoms with Crippen LogP contribution in [-0.4, -0.2) is 28.8 Å². The van der Waals surface area contributed by atoms with Gasteiger partial charge in [0, 0.05) is 31.1 Å². The predicted molar refractivity (Wildman–Crippen MR) is 106 cm³/mol. The summed E-state index contributed by atoms with van der Waals surface area (Å²) in [6.45, 7) is 10.5. The molecule has 6 nitrogen and oxygen atoms in total. The lowest BCUT2D eigenvalue weighted by Gasteiger charge is -2.23. The number of carbonyl (C=O) groups is 1. The first-order valence-corrected chi connectivity index (χ1v) is 9.69. The van der Waals surface area contributed by atoms with Crippen molar-refractivity contribution in [2.45, 2.75) is 38.6 Å². The van der Waals surface area contributed by atoms with Crippen molar-refractivity contribution in [3.8, 4) is 5.75 Å². The van der Waals surface area contributed by atoms with Crippen molar-refractivity contribution in [2.24, 2.45) is 17.8 Å². The Morgan fingerprint density at radius 1 is 1.32 bits per heavy atom. The van der Waals surface area contributed by atoms with Gasteiger partial charge >= 0.3 is 5.97 Å². The van der Waals surface area contributed by atoms with Crippen LogP contribution in [0.4, 0.5) is 5.69 Å². The molecule has 0 radical (unpaired) electrons. The van der Waals surface area contributed by atoms with Crippen LogP contribution in [0.3, 0.4) is 0 Å². The summed E-state index contributed by atoms with van der Waals surface area (Å²) in [5.74, 6) is 1.00. The molecule has 0 spiro atoms. The van der Waals surface area contributed by atoms with Crippen LogP contribution in [0, 0.1) is 24.3 Å². The number of rotatable bonds is 8. The summed E-state index contributed by atoms with van der Waals surface area (Å²) in [5.41, 5.74) is 0.860. The van der Waals surface area contributed by atoms with Gasteiger partial charge in [-0.15, -0.1) is 0 Å². The lowest BCUT2D eigenvalue weighted by Crippen LogP contribution is -2.26. The maximum Gasteiger partial charge on any atom is 0.371 e. The first kappa shape index (κ1) is 19.8. The van der Waals surface area contributed by atoms with Crippen molar-refractivity contribution in [1.29, 1.82) is 0 Å². The summed E-state index contributed by atoms with van der Waals surface area (Å²) in [4.78, 5) is 14.8.